The molecule has 1 aliphatic heterocycles. The van der Waals surface area contributed by atoms with E-state index in [4.69, 9.17) is 10.3 Å². The third-order valence-electron chi connectivity index (χ3n) is 3.81. The van der Waals surface area contributed by atoms with Gasteiger partial charge in [0.2, 0.25) is 0 Å². The Morgan fingerprint density at radius 1 is 1.52 bits per heavy atom. The molecule has 1 aromatic rings. The van der Waals surface area contributed by atoms with Crippen molar-refractivity contribution >= 4 is 17.1 Å². The Bertz CT molecular complexity index is 744. The van der Waals surface area contributed by atoms with Crippen LogP contribution < -0.4 is 4.74 Å². The van der Waals surface area contributed by atoms with Crippen LogP contribution in [0.25, 0.3) is 10.4 Å². The van der Waals surface area contributed by atoms with Gasteiger partial charge in [0.05, 0.1) is 18.9 Å². The predicted octanol–water partition coefficient (Wildman–Crippen LogP) is 3.07. The third-order valence-corrected chi connectivity index (χ3v) is 5.29. The van der Waals surface area contributed by atoms with Crippen LogP contribution >= 0.6 is 0 Å². The average Bonchev–Trinajstić information content (AvgIpc) is 2.90. The van der Waals surface area contributed by atoms with E-state index in [1.807, 2.05) is 0 Å². The van der Waals surface area contributed by atoms with Crippen molar-refractivity contribution in [2.24, 2.45) is 9.51 Å². The lowest BCUT2D eigenvalue weighted by molar-refractivity contribution is 0.0358. The fraction of sp³-hybridized carbons (Fsp3) is 0.562. The molecule has 0 bridgehead atoms. The molecule has 0 saturated carbocycles. The second kappa shape index (κ2) is 7.21. The predicted molar refractivity (Wildman–Crippen MR) is 94.7 cm³/mol. The first-order chi connectivity index (χ1) is 11.6. The van der Waals surface area contributed by atoms with Crippen molar-refractivity contribution in [3.8, 4) is 5.75 Å². The molecule has 25 heavy (non-hydrogen) atoms. The summed E-state index contributed by atoms with van der Waals surface area (Å²) in [5.74, 6) is -0.110. The molecule has 0 fully saturated rings. The summed E-state index contributed by atoms with van der Waals surface area (Å²) in [5.41, 5.74) is 8.70. The number of hydrogen-bond acceptors (Lipinski definition) is 5. The Kier molecular flexibility index (Phi) is 5.63. The molecule has 1 aromatic carbocycles. The molecule has 2 atom stereocenters. The Balaban J connectivity index is 2.45. The van der Waals surface area contributed by atoms with Gasteiger partial charge in [-0.25, -0.2) is 4.39 Å². The van der Waals surface area contributed by atoms with E-state index in [9.17, 15) is 14.0 Å². The summed E-state index contributed by atoms with van der Waals surface area (Å²) in [7, 11) is 0. The van der Waals surface area contributed by atoms with Crippen LogP contribution in [-0.4, -0.2) is 38.9 Å². The Morgan fingerprint density at radius 3 is 2.76 bits per heavy atom. The van der Waals surface area contributed by atoms with Gasteiger partial charge in [-0.1, -0.05) is 9.51 Å². The standard InChI is InChI=1S/C16H21FN4O3S/c1-10(20-25(23)15(2,3)4)13-6-12(17)5-11-7-16(9-22,8-19-21-18)24-14(11)13/h5-6,22H,7-9H2,1-4H3. The number of hydrogen-bond donors (Lipinski definition) is 1. The lowest BCUT2D eigenvalue weighted by atomic mass is 9.97. The molecule has 0 radical (unpaired) electrons. The number of halogens is 1. The van der Waals surface area contributed by atoms with Crippen LogP contribution in [0.4, 0.5) is 4.39 Å². The minimum absolute atomic E-state index is 0.0835. The number of aliphatic hydroxyl groups excluding tert-OH is 1. The van der Waals surface area contributed by atoms with Crippen molar-refractivity contribution in [1.29, 1.82) is 0 Å². The zero-order valence-corrected chi connectivity index (χ0v) is 15.4. The lowest BCUT2D eigenvalue weighted by Gasteiger charge is -2.24. The Hall–Kier alpha value is -1.80. The first kappa shape index (κ1) is 19.5. The normalized spacial score (nSPS) is 21.3. The summed E-state index contributed by atoms with van der Waals surface area (Å²) in [6, 6.07) is 2.58. The summed E-state index contributed by atoms with van der Waals surface area (Å²) in [4.78, 5) is 2.69. The topological polar surface area (TPSA) is 114 Å². The molecule has 9 heteroatoms. The maximum Gasteiger partial charge on any atom is 0.144 e. The smallest absolute Gasteiger partial charge is 0.144 e. The molecule has 2 rings (SSSR count). The van der Waals surface area contributed by atoms with Crippen molar-refractivity contribution in [1.82, 2.24) is 0 Å². The maximum atomic E-state index is 14.0. The SMILES string of the molecule is CC(=N[S+]([O-])C(C)(C)C)c1cc(F)cc2c1OC(CO)(CN=[N+]=[N-])C2. The minimum Gasteiger partial charge on any atom is -0.591 e. The Morgan fingerprint density at radius 2 is 2.20 bits per heavy atom. The molecule has 1 N–H and O–H groups in total. The van der Waals surface area contributed by atoms with Gasteiger partial charge in [-0.05, 0) is 45.4 Å². The van der Waals surface area contributed by atoms with Crippen molar-refractivity contribution in [3.63, 3.8) is 0 Å². The third kappa shape index (κ3) is 4.24. The van der Waals surface area contributed by atoms with Crippen LogP contribution in [0.2, 0.25) is 0 Å². The van der Waals surface area contributed by atoms with Gasteiger partial charge in [0.25, 0.3) is 0 Å². The minimum atomic E-state index is -1.50. The van der Waals surface area contributed by atoms with Gasteiger partial charge < -0.3 is 14.4 Å². The second-order valence-electron chi connectivity index (χ2n) is 6.99. The highest BCUT2D eigenvalue weighted by Crippen LogP contribution is 2.39. The van der Waals surface area contributed by atoms with Crippen molar-refractivity contribution < 1.29 is 18.8 Å². The average molecular weight is 368 g/mol. The van der Waals surface area contributed by atoms with Crippen LogP contribution in [0, 0.1) is 5.82 Å². The van der Waals surface area contributed by atoms with Crippen LogP contribution in [0.15, 0.2) is 21.6 Å². The highest BCUT2D eigenvalue weighted by Gasteiger charge is 2.40. The molecule has 2 unspecified atom stereocenters. The number of rotatable bonds is 5. The van der Waals surface area contributed by atoms with E-state index >= 15 is 0 Å². The van der Waals surface area contributed by atoms with Gasteiger partial charge >= 0.3 is 0 Å². The molecule has 0 spiro atoms. The quantitative estimate of drug-likeness (QED) is 0.283. The highest BCUT2D eigenvalue weighted by atomic mass is 32.2. The van der Waals surface area contributed by atoms with Crippen LogP contribution in [0.3, 0.4) is 0 Å². The number of nitrogens with zero attached hydrogens (tertiary/aromatic N) is 4. The molecule has 0 aliphatic carbocycles. The molecule has 1 aliphatic rings. The molecule has 1 heterocycles. The van der Waals surface area contributed by atoms with Crippen molar-refractivity contribution in [3.05, 3.63) is 39.5 Å². The summed E-state index contributed by atoms with van der Waals surface area (Å²) in [6.45, 7) is 6.55. The fourth-order valence-corrected chi connectivity index (χ4v) is 3.09. The van der Waals surface area contributed by atoms with E-state index in [1.165, 1.54) is 12.1 Å². The second-order valence-corrected chi connectivity index (χ2v) is 8.89. The monoisotopic (exact) mass is 368 g/mol. The first-order valence-electron chi connectivity index (χ1n) is 7.73. The van der Waals surface area contributed by atoms with Gasteiger partial charge in [-0.2, -0.15) is 0 Å². The lowest BCUT2D eigenvalue weighted by Crippen LogP contribution is -2.41. The van der Waals surface area contributed by atoms with Crippen molar-refractivity contribution in [2.75, 3.05) is 13.2 Å². The summed E-state index contributed by atoms with van der Waals surface area (Å²) in [5, 5.41) is 13.2. The van der Waals surface area contributed by atoms with Crippen molar-refractivity contribution in [2.45, 2.75) is 44.5 Å². The zero-order valence-electron chi connectivity index (χ0n) is 14.6. The summed E-state index contributed by atoms with van der Waals surface area (Å²) in [6.07, 6.45) is 0.207. The van der Waals surface area contributed by atoms with E-state index in [0.29, 0.717) is 22.6 Å². The molecular weight excluding hydrogens is 347 g/mol. The summed E-state index contributed by atoms with van der Waals surface area (Å²) < 4.78 is 35.8. The van der Waals surface area contributed by atoms with Crippen LogP contribution in [-0.2, 0) is 17.8 Å². The van der Waals surface area contributed by atoms with E-state index in [1.54, 1.807) is 27.7 Å². The molecule has 0 aromatic heterocycles. The van der Waals surface area contributed by atoms with Gasteiger partial charge in [-0.15, -0.1) is 0 Å². The van der Waals surface area contributed by atoms with E-state index in [0.717, 1.165) is 0 Å². The number of ether oxygens (including phenoxy) is 1. The van der Waals surface area contributed by atoms with Crippen LogP contribution in [0.5, 0.6) is 5.75 Å². The van der Waals surface area contributed by atoms with Gasteiger partial charge in [0.1, 0.15) is 33.3 Å². The van der Waals surface area contributed by atoms with Crippen LogP contribution in [0.1, 0.15) is 38.8 Å². The molecule has 0 amide bonds. The number of benzene rings is 1. The highest BCUT2D eigenvalue weighted by molar-refractivity contribution is 7.91. The number of aliphatic hydroxyl groups is 1. The Labute approximate surface area is 148 Å². The molecule has 0 saturated heterocycles. The van der Waals surface area contributed by atoms with E-state index in [-0.39, 0.29) is 19.6 Å². The number of fused-ring (bicyclic) bond motifs is 1. The molecular formula is C16H21FN4O3S. The largest absolute Gasteiger partial charge is 0.591 e. The van der Waals surface area contributed by atoms with E-state index < -0.39 is 27.5 Å². The zero-order chi connectivity index (χ0) is 18.8. The maximum absolute atomic E-state index is 14.0. The molecule has 136 valence electrons. The van der Waals surface area contributed by atoms with E-state index in [2.05, 4.69) is 14.4 Å². The van der Waals surface area contributed by atoms with Gasteiger partial charge in [0, 0.05) is 22.5 Å². The molecule has 7 nitrogen and oxygen atoms in total. The number of azide groups is 1. The fourth-order valence-electron chi connectivity index (χ4n) is 2.47. The van der Waals surface area contributed by atoms with Gasteiger partial charge in [-0.3, -0.25) is 0 Å². The van der Waals surface area contributed by atoms with Gasteiger partial charge in [0.15, 0.2) is 0 Å². The summed E-state index contributed by atoms with van der Waals surface area (Å²) >= 11 is -1.50. The first-order valence-corrected chi connectivity index (χ1v) is 8.83.